The van der Waals surface area contributed by atoms with E-state index in [4.69, 9.17) is 5.73 Å². The molecule has 1 saturated carbocycles. The zero-order valence-electron chi connectivity index (χ0n) is 12.3. The van der Waals surface area contributed by atoms with Gasteiger partial charge >= 0.3 is 0 Å². The lowest BCUT2D eigenvalue weighted by Gasteiger charge is -2.28. The van der Waals surface area contributed by atoms with Gasteiger partial charge in [0.25, 0.3) is 0 Å². The van der Waals surface area contributed by atoms with Crippen molar-refractivity contribution in [3.63, 3.8) is 0 Å². The molecule has 0 aromatic heterocycles. The van der Waals surface area contributed by atoms with Crippen LogP contribution in [0.1, 0.15) is 45.4 Å². The van der Waals surface area contributed by atoms with Crippen LogP contribution < -0.4 is 10.5 Å². The number of hydrogen-bond donors (Lipinski definition) is 2. The van der Waals surface area contributed by atoms with E-state index in [-0.39, 0.29) is 16.6 Å². The summed E-state index contributed by atoms with van der Waals surface area (Å²) in [5.41, 5.74) is 5.79. The summed E-state index contributed by atoms with van der Waals surface area (Å²) in [7, 11) is -3.85. The topological polar surface area (TPSA) is 72.2 Å². The van der Waals surface area contributed by atoms with Gasteiger partial charge in [0.2, 0.25) is 10.0 Å². The summed E-state index contributed by atoms with van der Waals surface area (Å²) in [6.45, 7) is 2.16. The van der Waals surface area contributed by atoms with E-state index in [1.54, 1.807) is 0 Å². The van der Waals surface area contributed by atoms with Crippen LogP contribution >= 0.6 is 0 Å². The molecule has 0 atom stereocenters. The number of sulfonamides is 1. The highest BCUT2D eigenvalue weighted by Gasteiger charge is 2.27. The first-order valence-corrected chi connectivity index (χ1v) is 8.98. The van der Waals surface area contributed by atoms with Gasteiger partial charge in [-0.1, -0.05) is 19.8 Å². The fraction of sp³-hybridized carbons (Fsp3) is 0.600. The van der Waals surface area contributed by atoms with E-state index < -0.39 is 15.8 Å². The Bertz CT molecular complexity index is 581. The first-order chi connectivity index (χ1) is 9.92. The van der Waals surface area contributed by atoms with Crippen LogP contribution in [0.25, 0.3) is 0 Å². The van der Waals surface area contributed by atoms with Crippen molar-refractivity contribution in [2.45, 2.75) is 56.4 Å². The third kappa shape index (κ3) is 4.17. The maximum atomic E-state index is 13.7. The number of nitrogens with one attached hydrogen (secondary N) is 1. The first-order valence-electron chi connectivity index (χ1n) is 7.49. The fourth-order valence-electron chi connectivity index (χ4n) is 2.99. The Kier molecular flexibility index (Phi) is 5.22. The summed E-state index contributed by atoms with van der Waals surface area (Å²) < 4.78 is 40.9. The van der Waals surface area contributed by atoms with E-state index in [1.807, 2.05) is 0 Å². The van der Waals surface area contributed by atoms with E-state index in [0.29, 0.717) is 5.92 Å². The molecule has 0 amide bonds. The molecule has 3 N–H and O–H groups in total. The third-order valence-corrected chi connectivity index (χ3v) is 5.65. The van der Waals surface area contributed by atoms with Crippen LogP contribution in [0.15, 0.2) is 23.1 Å². The molecule has 118 valence electrons. The van der Waals surface area contributed by atoms with Crippen molar-refractivity contribution in [3.05, 3.63) is 24.0 Å². The summed E-state index contributed by atoms with van der Waals surface area (Å²) in [5.74, 6) is -0.0729. The summed E-state index contributed by atoms with van der Waals surface area (Å²) in [6, 6.07) is 3.50. The predicted molar refractivity (Wildman–Crippen MR) is 81.8 cm³/mol. The van der Waals surface area contributed by atoms with Crippen molar-refractivity contribution in [2.24, 2.45) is 5.92 Å². The minimum atomic E-state index is -3.85. The Labute approximate surface area is 126 Å². The standard InChI is InChI=1S/C15H23FN2O2S/c1-2-3-11-4-7-13(8-5-11)18-21(19,20)15-10-12(17)6-9-14(15)16/h6,9-11,13,18H,2-5,7-8,17H2,1H3. The third-order valence-electron chi connectivity index (χ3n) is 4.11. The van der Waals surface area contributed by atoms with Crippen LogP contribution in [0.4, 0.5) is 10.1 Å². The van der Waals surface area contributed by atoms with Gasteiger partial charge in [0.15, 0.2) is 0 Å². The van der Waals surface area contributed by atoms with E-state index in [0.717, 1.165) is 38.2 Å². The number of nitrogen functional groups attached to an aromatic ring is 1. The van der Waals surface area contributed by atoms with E-state index >= 15 is 0 Å². The highest BCUT2D eigenvalue weighted by Crippen LogP contribution is 2.29. The van der Waals surface area contributed by atoms with Crippen molar-refractivity contribution in [1.29, 1.82) is 0 Å². The molecule has 1 aromatic rings. The SMILES string of the molecule is CCCC1CCC(NS(=O)(=O)c2cc(N)ccc2F)CC1. The predicted octanol–water partition coefficient (Wildman–Crippen LogP) is 3.05. The highest BCUT2D eigenvalue weighted by atomic mass is 32.2. The molecule has 4 nitrogen and oxygen atoms in total. The number of hydrogen-bond acceptors (Lipinski definition) is 3. The van der Waals surface area contributed by atoms with E-state index in [2.05, 4.69) is 11.6 Å². The Morgan fingerprint density at radius 2 is 1.95 bits per heavy atom. The van der Waals surface area contributed by atoms with Crippen LogP contribution in [0.3, 0.4) is 0 Å². The summed E-state index contributed by atoms with van der Waals surface area (Å²) in [5, 5.41) is 0. The number of benzene rings is 1. The van der Waals surface area contributed by atoms with Gasteiger partial charge in [-0.3, -0.25) is 0 Å². The van der Waals surface area contributed by atoms with Gasteiger partial charge in [-0.15, -0.1) is 0 Å². The van der Waals surface area contributed by atoms with Gasteiger partial charge in [0, 0.05) is 11.7 Å². The van der Waals surface area contributed by atoms with Gasteiger partial charge in [-0.25, -0.2) is 17.5 Å². The van der Waals surface area contributed by atoms with Crippen molar-refractivity contribution in [2.75, 3.05) is 5.73 Å². The molecule has 0 aliphatic heterocycles. The minimum absolute atomic E-state index is 0.107. The quantitative estimate of drug-likeness (QED) is 0.821. The van der Waals surface area contributed by atoms with Crippen molar-refractivity contribution < 1.29 is 12.8 Å². The summed E-state index contributed by atoms with van der Waals surface area (Å²) in [4.78, 5) is -0.363. The lowest BCUT2D eigenvalue weighted by atomic mass is 9.84. The summed E-state index contributed by atoms with van der Waals surface area (Å²) >= 11 is 0. The number of nitrogens with two attached hydrogens (primary N) is 1. The van der Waals surface area contributed by atoms with Crippen molar-refractivity contribution >= 4 is 15.7 Å². The molecule has 0 heterocycles. The monoisotopic (exact) mass is 314 g/mol. The van der Waals surface area contributed by atoms with Crippen molar-refractivity contribution in [1.82, 2.24) is 4.72 Å². The van der Waals surface area contributed by atoms with E-state index in [9.17, 15) is 12.8 Å². The summed E-state index contributed by atoms with van der Waals surface area (Å²) in [6.07, 6.45) is 6.04. The number of halogens is 1. The molecule has 1 aliphatic rings. The van der Waals surface area contributed by atoms with Gasteiger partial charge in [-0.2, -0.15) is 0 Å². The molecular weight excluding hydrogens is 291 g/mol. The lowest BCUT2D eigenvalue weighted by molar-refractivity contribution is 0.297. The fourth-order valence-corrected chi connectivity index (χ4v) is 4.40. The Morgan fingerprint density at radius 1 is 1.29 bits per heavy atom. The molecule has 0 spiro atoms. The van der Waals surface area contributed by atoms with Crippen molar-refractivity contribution in [3.8, 4) is 0 Å². The maximum absolute atomic E-state index is 13.7. The molecular formula is C15H23FN2O2S. The zero-order chi connectivity index (χ0) is 15.5. The average molecular weight is 314 g/mol. The second-order valence-electron chi connectivity index (χ2n) is 5.82. The zero-order valence-corrected chi connectivity index (χ0v) is 13.1. The van der Waals surface area contributed by atoms with Gasteiger partial charge < -0.3 is 5.73 Å². The van der Waals surface area contributed by atoms with Gasteiger partial charge in [0.05, 0.1) is 0 Å². The largest absolute Gasteiger partial charge is 0.399 e. The van der Waals surface area contributed by atoms with Crippen LogP contribution in [0.5, 0.6) is 0 Å². The number of rotatable bonds is 5. The average Bonchev–Trinajstić information content (AvgIpc) is 2.43. The second kappa shape index (κ2) is 6.75. The molecule has 0 unspecified atom stereocenters. The normalized spacial score (nSPS) is 23.1. The van der Waals surface area contributed by atoms with E-state index in [1.165, 1.54) is 18.6 Å². The second-order valence-corrected chi connectivity index (χ2v) is 7.50. The van der Waals surface area contributed by atoms with Crippen LogP contribution in [-0.2, 0) is 10.0 Å². The highest BCUT2D eigenvalue weighted by molar-refractivity contribution is 7.89. The van der Waals surface area contributed by atoms with Gasteiger partial charge in [-0.05, 0) is 49.8 Å². The molecule has 0 saturated heterocycles. The smallest absolute Gasteiger partial charge is 0.243 e. The molecule has 1 aromatic carbocycles. The molecule has 0 radical (unpaired) electrons. The Balaban J connectivity index is 2.04. The Morgan fingerprint density at radius 3 is 2.57 bits per heavy atom. The molecule has 1 aliphatic carbocycles. The van der Waals surface area contributed by atoms with Crippen LogP contribution in [-0.4, -0.2) is 14.5 Å². The molecule has 21 heavy (non-hydrogen) atoms. The molecule has 1 fully saturated rings. The van der Waals surface area contributed by atoms with Crippen LogP contribution in [0, 0.1) is 11.7 Å². The van der Waals surface area contributed by atoms with Crippen LogP contribution in [0.2, 0.25) is 0 Å². The molecule has 6 heteroatoms. The minimum Gasteiger partial charge on any atom is -0.399 e. The molecule has 0 bridgehead atoms. The van der Waals surface area contributed by atoms with Gasteiger partial charge in [0.1, 0.15) is 10.7 Å². The first kappa shape index (κ1) is 16.2. The maximum Gasteiger partial charge on any atom is 0.243 e. The Hall–Kier alpha value is -1.14. The number of anilines is 1. The molecule has 2 rings (SSSR count). The lowest BCUT2D eigenvalue weighted by Crippen LogP contribution is -2.38.